The SMILES string of the molecule is CCOc1ccc(CNC(=NC)NCCCOC)cc1. The molecule has 0 bridgehead atoms. The number of nitrogens with one attached hydrogen (secondary N) is 2. The minimum absolute atomic E-state index is 0.690. The molecular weight excluding hydrogens is 254 g/mol. The quantitative estimate of drug-likeness (QED) is 0.433. The Bertz CT molecular complexity index is 391. The fourth-order valence-electron chi connectivity index (χ4n) is 1.70. The molecular formula is C15H25N3O2. The van der Waals surface area contributed by atoms with E-state index in [9.17, 15) is 0 Å². The first-order valence-corrected chi connectivity index (χ1v) is 6.95. The molecule has 112 valence electrons. The van der Waals surface area contributed by atoms with E-state index in [1.165, 1.54) is 5.56 Å². The van der Waals surface area contributed by atoms with Crippen molar-refractivity contribution in [1.29, 1.82) is 0 Å². The molecule has 0 saturated heterocycles. The van der Waals surface area contributed by atoms with Crippen LogP contribution in [0.1, 0.15) is 18.9 Å². The van der Waals surface area contributed by atoms with E-state index in [1.54, 1.807) is 14.2 Å². The number of benzene rings is 1. The van der Waals surface area contributed by atoms with Gasteiger partial charge in [0.25, 0.3) is 0 Å². The third-order valence-corrected chi connectivity index (χ3v) is 2.74. The van der Waals surface area contributed by atoms with Crippen LogP contribution in [0.3, 0.4) is 0 Å². The lowest BCUT2D eigenvalue weighted by Gasteiger charge is -2.12. The summed E-state index contributed by atoms with van der Waals surface area (Å²) in [5.41, 5.74) is 1.19. The minimum atomic E-state index is 0.690. The summed E-state index contributed by atoms with van der Waals surface area (Å²) >= 11 is 0. The van der Waals surface area contributed by atoms with Gasteiger partial charge in [-0.25, -0.2) is 0 Å². The first-order valence-electron chi connectivity index (χ1n) is 6.95. The number of guanidine groups is 1. The number of hydrogen-bond donors (Lipinski definition) is 2. The van der Waals surface area contributed by atoms with Gasteiger partial charge in [0.2, 0.25) is 0 Å². The summed E-state index contributed by atoms with van der Waals surface area (Å²) in [6.45, 7) is 5.00. The summed E-state index contributed by atoms with van der Waals surface area (Å²) in [5.74, 6) is 1.70. The molecule has 0 fully saturated rings. The van der Waals surface area contributed by atoms with E-state index >= 15 is 0 Å². The summed E-state index contributed by atoms with van der Waals surface area (Å²) in [5, 5.41) is 6.51. The fraction of sp³-hybridized carbons (Fsp3) is 0.533. The normalized spacial score (nSPS) is 11.2. The number of hydrogen-bond acceptors (Lipinski definition) is 3. The zero-order valence-electron chi connectivity index (χ0n) is 12.6. The Morgan fingerprint density at radius 3 is 2.55 bits per heavy atom. The molecule has 1 aromatic carbocycles. The Morgan fingerprint density at radius 2 is 1.95 bits per heavy atom. The zero-order chi connectivity index (χ0) is 14.6. The second-order valence-corrected chi connectivity index (χ2v) is 4.28. The van der Waals surface area contributed by atoms with E-state index in [4.69, 9.17) is 9.47 Å². The van der Waals surface area contributed by atoms with Crippen molar-refractivity contribution in [3.8, 4) is 5.75 Å². The molecule has 0 unspecified atom stereocenters. The van der Waals surface area contributed by atoms with Gasteiger partial charge in [-0.1, -0.05) is 12.1 Å². The Hall–Kier alpha value is -1.75. The monoisotopic (exact) mass is 279 g/mol. The fourth-order valence-corrected chi connectivity index (χ4v) is 1.70. The molecule has 0 aliphatic rings. The topological polar surface area (TPSA) is 54.9 Å². The number of aliphatic imine (C=N–C) groups is 1. The number of ether oxygens (including phenoxy) is 2. The van der Waals surface area contributed by atoms with E-state index in [1.807, 2.05) is 19.1 Å². The van der Waals surface area contributed by atoms with Gasteiger partial charge in [0.05, 0.1) is 6.61 Å². The van der Waals surface area contributed by atoms with Gasteiger partial charge in [-0.3, -0.25) is 4.99 Å². The van der Waals surface area contributed by atoms with Gasteiger partial charge in [0.15, 0.2) is 5.96 Å². The standard InChI is InChI=1S/C15H25N3O2/c1-4-20-14-8-6-13(7-9-14)12-18-15(16-2)17-10-5-11-19-3/h6-9H,4-5,10-12H2,1-3H3,(H2,16,17,18). The molecule has 5 nitrogen and oxygen atoms in total. The van der Waals surface area contributed by atoms with Gasteiger partial charge in [0, 0.05) is 33.9 Å². The second-order valence-electron chi connectivity index (χ2n) is 4.28. The van der Waals surface area contributed by atoms with Crippen LogP contribution in [-0.4, -0.2) is 39.9 Å². The molecule has 0 aromatic heterocycles. The Labute approximate surface area is 121 Å². The van der Waals surface area contributed by atoms with Crippen molar-refractivity contribution in [1.82, 2.24) is 10.6 Å². The van der Waals surface area contributed by atoms with Crippen molar-refractivity contribution in [2.45, 2.75) is 19.9 Å². The van der Waals surface area contributed by atoms with Gasteiger partial charge in [-0.05, 0) is 31.0 Å². The van der Waals surface area contributed by atoms with Gasteiger partial charge >= 0.3 is 0 Å². The molecule has 1 rings (SSSR count). The zero-order valence-corrected chi connectivity index (χ0v) is 12.6. The summed E-state index contributed by atoms with van der Waals surface area (Å²) in [6.07, 6.45) is 0.959. The Balaban J connectivity index is 2.32. The van der Waals surface area contributed by atoms with E-state index in [0.29, 0.717) is 6.61 Å². The maximum absolute atomic E-state index is 5.42. The summed E-state index contributed by atoms with van der Waals surface area (Å²) in [7, 11) is 3.48. The highest BCUT2D eigenvalue weighted by Crippen LogP contribution is 2.11. The van der Waals surface area contributed by atoms with Crippen LogP contribution in [0.4, 0.5) is 0 Å². The van der Waals surface area contributed by atoms with Gasteiger partial charge in [-0.15, -0.1) is 0 Å². The number of rotatable bonds is 8. The van der Waals surface area contributed by atoms with Crippen molar-refractivity contribution in [3.05, 3.63) is 29.8 Å². The first-order chi connectivity index (χ1) is 9.80. The maximum atomic E-state index is 5.42. The van der Waals surface area contributed by atoms with Gasteiger partial charge < -0.3 is 20.1 Å². The van der Waals surface area contributed by atoms with Gasteiger partial charge in [-0.2, -0.15) is 0 Å². The lowest BCUT2D eigenvalue weighted by Crippen LogP contribution is -2.37. The molecule has 0 aliphatic heterocycles. The minimum Gasteiger partial charge on any atom is -0.494 e. The van der Waals surface area contributed by atoms with Crippen LogP contribution in [-0.2, 0) is 11.3 Å². The molecule has 0 aliphatic carbocycles. The lowest BCUT2D eigenvalue weighted by atomic mass is 10.2. The van der Waals surface area contributed by atoms with Crippen LogP contribution in [0.5, 0.6) is 5.75 Å². The van der Waals surface area contributed by atoms with E-state index in [2.05, 4.69) is 27.8 Å². The predicted octanol–water partition coefficient (Wildman–Crippen LogP) is 1.79. The molecule has 0 saturated carbocycles. The van der Waals surface area contributed by atoms with Crippen molar-refractivity contribution in [2.75, 3.05) is 33.9 Å². The predicted molar refractivity (Wildman–Crippen MR) is 82.3 cm³/mol. The third kappa shape index (κ3) is 6.43. The molecule has 0 atom stereocenters. The number of nitrogens with zero attached hydrogens (tertiary/aromatic N) is 1. The lowest BCUT2D eigenvalue weighted by molar-refractivity contribution is 0.195. The van der Waals surface area contributed by atoms with Crippen LogP contribution in [0.15, 0.2) is 29.3 Å². The molecule has 0 radical (unpaired) electrons. The van der Waals surface area contributed by atoms with Crippen LogP contribution >= 0.6 is 0 Å². The summed E-state index contributed by atoms with van der Waals surface area (Å²) in [4.78, 5) is 4.18. The smallest absolute Gasteiger partial charge is 0.191 e. The largest absolute Gasteiger partial charge is 0.494 e. The molecule has 1 aromatic rings. The highest BCUT2D eigenvalue weighted by Gasteiger charge is 1.98. The molecule has 0 heterocycles. The van der Waals surface area contributed by atoms with Crippen molar-refractivity contribution >= 4 is 5.96 Å². The van der Waals surface area contributed by atoms with Crippen LogP contribution in [0.25, 0.3) is 0 Å². The third-order valence-electron chi connectivity index (χ3n) is 2.74. The molecule has 2 N–H and O–H groups in total. The molecule has 20 heavy (non-hydrogen) atoms. The van der Waals surface area contributed by atoms with Crippen LogP contribution in [0, 0.1) is 0 Å². The highest BCUT2D eigenvalue weighted by atomic mass is 16.5. The molecule has 0 amide bonds. The van der Waals surface area contributed by atoms with E-state index in [-0.39, 0.29) is 0 Å². The maximum Gasteiger partial charge on any atom is 0.191 e. The van der Waals surface area contributed by atoms with Crippen molar-refractivity contribution < 1.29 is 9.47 Å². The summed E-state index contributed by atoms with van der Waals surface area (Å²) in [6, 6.07) is 8.07. The molecule has 5 heteroatoms. The van der Waals surface area contributed by atoms with Crippen molar-refractivity contribution in [3.63, 3.8) is 0 Å². The average Bonchev–Trinajstić information content (AvgIpc) is 2.48. The summed E-state index contributed by atoms with van der Waals surface area (Å²) < 4.78 is 10.4. The van der Waals surface area contributed by atoms with Crippen LogP contribution < -0.4 is 15.4 Å². The second kappa shape index (κ2) is 10.1. The van der Waals surface area contributed by atoms with Gasteiger partial charge in [0.1, 0.15) is 5.75 Å². The highest BCUT2D eigenvalue weighted by molar-refractivity contribution is 5.79. The van der Waals surface area contributed by atoms with Crippen molar-refractivity contribution in [2.24, 2.45) is 4.99 Å². The number of methoxy groups -OCH3 is 1. The van der Waals surface area contributed by atoms with Crippen LogP contribution in [0.2, 0.25) is 0 Å². The Kier molecular flexibility index (Phi) is 8.22. The Morgan fingerprint density at radius 1 is 1.20 bits per heavy atom. The molecule has 0 spiro atoms. The van der Waals surface area contributed by atoms with E-state index < -0.39 is 0 Å². The van der Waals surface area contributed by atoms with E-state index in [0.717, 1.165) is 37.8 Å². The average molecular weight is 279 g/mol. The first kappa shape index (κ1) is 16.3.